The zero-order chi connectivity index (χ0) is 15.6. The first-order valence-corrected chi connectivity index (χ1v) is 6.45. The van der Waals surface area contributed by atoms with Crippen molar-refractivity contribution in [1.29, 1.82) is 0 Å². The Morgan fingerprint density at radius 1 is 1.19 bits per heavy atom. The predicted molar refractivity (Wildman–Crippen MR) is 79.9 cm³/mol. The van der Waals surface area contributed by atoms with Crippen LogP contribution in [0, 0.1) is 0 Å². The number of hydrogen-bond acceptors (Lipinski definition) is 3. The van der Waals surface area contributed by atoms with Crippen LogP contribution < -0.4 is 11.1 Å². The number of benzene rings is 1. The van der Waals surface area contributed by atoms with Gasteiger partial charge in [-0.1, -0.05) is 23.8 Å². The second kappa shape index (κ2) is 5.87. The summed E-state index contributed by atoms with van der Waals surface area (Å²) in [6.07, 6.45) is -3.04. The topological polar surface area (TPSA) is 50.9 Å². The first-order valence-electron chi connectivity index (χ1n) is 5.66. The molecule has 0 bridgehead atoms. The lowest BCUT2D eigenvalue weighted by atomic mass is 10.2. The van der Waals surface area contributed by atoms with Gasteiger partial charge in [-0.15, -0.1) is 0 Å². The maximum absolute atomic E-state index is 12.7. The second-order valence-corrected chi connectivity index (χ2v) is 5.02. The van der Waals surface area contributed by atoms with Gasteiger partial charge in [0, 0.05) is 10.7 Å². The summed E-state index contributed by atoms with van der Waals surface area (Å²) in [6.45, 7) is 0. The molecule has 21 heavy (non-hydrogen) atoms. The van der Waals surface area contributed by atoms with E-state index >= 15 is 0 Å². The Balaban J connectivity index is 2.27. The molecule has 0 spiro atoms. The van der Waals surface area contributed by atoms with Gasteiger partial charge in [-0.2, -0.15) is 13.2 Å². The molecule has 2 rings (SSSR count). The molecule has 0 fully saturated rings. The SMILES string of the molecule is NC(=S)c1ccc(Nc2cc(Cl)cc(C(F)(F)F)c2)cn1. The normalized spacial score (nSPS) is 11.2. The molecule has 0 atom stereocenters. The molecule has 2 aromatic rings. The van der Waals surface area contributed by atoms with Crippen LogP contribution in [0.4, 0.5) is 24.5 Å². The number of pyridine rings is 1. The van der Waals surface area contributed by atoms with Crippen LogP contribution in [0.3, 0.4) is 0 Å². The highest BCUT2D eigenvalue weighted by Crippen LogP contribution is 2.34. The van der Waals surface area contributed by atoms with Gasteiger partial charge in [0.1, 0.15) is 4.99 Å². The summed E-state index contributed by atoms with van der Waals surface area (Å²) in [5.74, 6) is 0. The molecule has 0 aliphatic rings. The van der Waals surface area contributed by atoms with E-state index in [1.807, 2.05) is 0 Å². The van der Waals surface area contributed by atoms with Gasteiger partial charge in [-0.3, -0.25) is 4.98 Å². The minimum absolute atomic E-state index is 0.0139. The number of nitrogens with zero attached hydrogens (tertiary/aromatic N) is 1. The highest BCUT2D eigenvalue weighted by molar-refractivity contribution is 7.80. The Labute approximate surface area is 128 Å². The zero-order valence-corrected chi connectivity index (χ0v) is 12.0. The summed E-state index contributed by atoms with van der Waals surface area (Å²) in [5, 5.41) is 2.78. The largest absolute Gasteiger partial charge is 0.416 e. The van der Waals surface area contributed by atoms with Crippen LogP contribution in [0.25, 0.3) is 0 Å². The minimum Gasteiger partial charge on any atom is -0.388 e. The molecule has 0 saturated carbocycles. The lowest BCUT2D eigenvalue weighted by Crippen LogP contribution is -2.11. The summed E-state index contributed by atoms with van der Waals surface area (Å²) in [5.41, 5.74) is 5.71. The number of rotatable bonds is 3. The maximum Gasteiger partial charge on any atom is 0.416 e. The standard InChI is InChI=1S/C13H9ClF3N3S/c14-8-3-7(13(15,16)17)4-10(5-8)20-9-1-2-11(12(18)21)19-6-9/h1-6,20H,(H2,18,21). The van der Waals surface area contributed by atoms with Crippen molar-refractivity contribution >= 4 is 40.2 Å². The molecule has 0 aliphatic carbocycles. The number of thiocarbonyl (C=S) groups is 1. The van der Waals surface area contributed by atoms with Crippen LogP contribution in [0.5, 0.6) is 0 Å². The van der Waals surface area contributed by atoms with Crippen LogP contribution in [-0.2, 0) is 6.18 Å². The van der Waals surface area contributed by atoms with E-state index in [1.165, 1.54) is 12.3 Å². The van der Waals surface area contributed by atoms with Crippen LogP contribution in [0.2, 0.25) is 5.02 Å². The third kappa shape index (κ3) is 4.05. The fraction of sp³-hybridized carbons (Fsp3) is 0.0769. The van der Waals surface area contributed by atoms with E-state index < -0.39 is 11.7 Å². The molecule has 0 aliphatic heterocycles. The van der Waals surface area contributed by atoms with Gasteiger partial charge >= 0.3 is 6.18 Å². The molecule has 1 aromatic carbocycles. The van der Waals surface area contributed by atoms with Crippen molar-refractivity contribution < 1.29 is 13.2 Å². The molecule has 0 amide bonds. The summed E-state index contributed by atoms with van der Waals surface area (Å²) in [7, 11) is 0. The smallest absolute Gasteiger partial charge is 0.388 e. The van der Waals surface area contributed by atoms with E-state index in [2.05, 4.69) is 10.3 Å². The van der Waals surface area contributed by atoms with Crippen molar-refractivity contribution in [2.24, 2.45) is 5.73 Å². The molecule has 0 radical (unpaired) electrons. The summed E-state index contributed by atoms with van der Waals surface area (Å²) in [6, 6.07) is 6.39. The van der Waals surface area contributed by atoms with Gasteiger partial charge in [0.05, 0.1) is 23.1 Å². The number of nitrogens with two attached hydrogens (primary N) is 1. The van der Waals surface area contributed by atoms with E-state index in [9.17, 15) is 13.2 Å². The van der Waals surface area contributed by atoms with Crippen LogP contribution in [0.15, 0.2) is 36.5 Å². The number of aromatic nitrogens is 1. The molecular weight excluding hydrogens is 323 g/mol. The van der Waals surface area contributed by atoms with E-state index in [4.69, 9.17) is 29.6 Å². The third-order valence-electron chi connectivity index (χ3n) is 2.53. The van der Waals surface area contributed by atoms with Gasteiger partial charge in [0.15, 0.2) is 0 Å². The van der Waals surface area contributed by atoms with Gasteiger partial charge in [-0.25, -0.2) is 0 Å². The van der Waals surface area contributed by atoms with Gasteiger partial charge < -0.3 is 11.1 Å². The molecule has 3 nitrogen and oxygen atoms in total. The zero-order valence-electron chi connectivity index (χ0n) is 10.4. The minimum atomic E-state index is -4.46. The summed E-state index contributed by atoms with van der Waals surface area (Å²) >= 11 is 10.5. The van der Waals surface area contributed by atoms with Crippen molar-refractivity contribution in [3.8, 4) is 0 Å². The second-order valence-electron chi connectivity index (χ2n) is 4.15. The van der Waals surface area contributed by atoms with Gasteiger partial charge in [-0.05, 0) is 30.3 Å². The van der Waals surface area contributed by atoms with E-state index in [0.29, 0.717) is 11.4 Å². The summed E-state index contributed by atoms with van der Waals surface area (Å²) in [4.78, 5) is 4.13. The van der Waals surface area contributed by atoms with Crippen LogP contribution >= 0.6 is 23.8 Å². The molecule has 1 heterocycles. The number of anilines is 2. The maximum atomic E-state index is 12.7. The number of alkyl halides is 3. The van der Waals surface area contributed by atoms with Crippen LogP contribution in [-0.4, -0.2) is 9.97 Å². The van der Waals surface area contributed by atoms with E-state index in [1.54, 1.807) is 12.1 Å². The van der Waals surface area contributed by atoms with Crippen molar-refractivity contribution in [3.05, 3.63) is 52.8 Å². The predicted octanol–water partition coefficient (Wildman–Crippen LogP) is 4.13. The highest BCUT2D eigenvalue weighted by atomic mass is 35.5. The molecular formula is C13H9ClF3N3S. The molecule has 0 unspecified atom stereocenters. The van der Waals surface area contributed by atoms with Crippen molar-refractivity contribution in [2.45, 2.75) is 6.18 Å². The third-order valence-corrected chi connectivity index (χ3v) is 2.96. The first kappa shape index (κ1) is 15.5. The lowest BCUT2D eigenvalue weighted by molar-refractivity contribution is -0.137. The molecule has 0 saturated heterocycles. The van der Waals surface area contributed by atoms with Crippen molar-refractivity contribution in [3.63, 3.8) is 0 Å². The lowest BCUT2D eigenvalue weighted by Gasteiger charge is -2.11. The highest BCUT2D eigenvalue weighted by Gasteiger charge is 2.31. The Kier molecular flexibility index (Phi) is 4.34. The fourth-order valence-electron chi connectivity index (χ4n) is 1.61. The Morgan fingerprint density at radius 3 is 2.43 bits per heavy atom. The Hall–Kier alpha value is -1.86. The Morgan fingerprint density at radius 2 is 1.90 bits per heavy atom. The Bertz CT molecular complexity index is 671. The van der Waals surface area contributed by atoms with Crippen molar-refractivity contribution in [1.82, 2.24) is 4.98 Å². The van der Waals surface area contributed by atoms with Crippen LogP contribution in [0.1, 0.15) is 11.3 Å². The average molecular weight is 332 g/mol. The number of halogens is 4. The monoisotopic (exact) mass is 331 g/mol. The van der Waals surface area contributed by atoms with E-state index in [-0.39, 0.29) is 15.7 Å². The van der Waals surface area contributed by atoms with E-state index in [0.717, 1.165) is 12.1 Å². The molecule has 3 N–H and O–H groups in total. The first-order chi connectivity index (χ1) is 9.75. The summed E-state index contributed by atoms with van der Waals surface area (Å²) < 4.78 is 38.1. The van der Waals surface area contributed by atoms with Crippen molar-refractivity contribution in [2.75, 3.05) is 5.32 Å². The average Bonchev–Trinajstić information content (AvgIpc) is 2.37. The number of hydrogen-bond donors (Lipinski definition) is 2. The molecule has 110 valence electrons. The van der Waals surface area contributed by atoms with Gasteiger partial charge in [0.2, 0.25) is 0 Å². The van der Waals surface area contributed by atoms with Gasteiger partial charge in [0.25, 0.3) is 0 Å². The number of nitrogens with one attached hydrogen (secondary N) is 1. The fourth-order valence-corrected chi connectivity index (χ4v) is 1.96. The quantitative estimate of drug-likeness (QED) is 0.830. The molecule has 8 heteroatoms. The molecule has 1 aromatic heterocycles.